The van der Waals surface area contributed by atoms with Gasteiger partial charge in [0.15, 0.2) is 5.65 Å². The van der Waals surface area contributed by atoms with Crippen LogP contribution in [-0.4, -0.2) is 45.6 Å². The number of carbonyl (C=O) groups is 3. The van der Waals surface area contributed by atoms with E-state index in [0.717, 1.165) is 5.39 Å². The number of Topliss-reactive ketones (excluding diaryl/α,β-unsaturated/α-hetero) is 1. The minimum absolute atomic E-state index is 0.0654. The lowest BCUT2D eigenvalue weighted by molar-refractivity contribution is -0.134. The number of ketones is 1. The average Bonchev–Trinajstić information content (AvgIpc) is 3.04. The standard InChI is InChI=1S/C23H18Cl2N4O3/c24-14-3-4-16-17(11-14)18(12-21(31)28-9-7-15(30)8-10-28)29(23(16)32)20-6-2-13-1-5-19(25)26-22(13)27-20/h1-6,11,18H,7-10,12H2. The number of benzene rings is 1. The summed E-state index contributed by atoms with van der Waals surface area (Å²) in [6.07, 6.45) is 0.788. The molecule has 0 N–H and O–H groups in total. The van der Waals surface area contributed by atoms with E-state index in [1.54, 1.807) is 41.3 Å². The van der Waals surface area contributed by atoms with Gasteiger partial charge in [-0.15, -0.1) is 0 Å². The summed E-state index contributed by atoms with van der Waals surface area (Å²) in [5, 5.41) is 1.58. The summed E-state index contributed by atoms with van der Waals surface area (Å²) in [7, 11) is 0. The summed E-state index contributed by atoms with van der Waals surface area (Å²) >= 11 is 12.2. The topological polar surface area (TPSA) is 83.5 Å². The molecule has 2 aromatic heterocycles. The zero-order valence-electron chi connectivity index (χ0n) is 16.9. The quantitative estimate of drug-likeness (QED) is 0.537. The van der Waals surface area contributed by atoms with Crippen molar-refractivity contribution in [2.75, 3.05) is 18.0 Å². The number of anilines is 1. The first-order chi connectivity index (χ1) is 15.4. The van der Waals surface area contributed by atoms with Gasteiger partial charge in [0.2, 0.25) is 5.91 Å². The van der Waals surface area contributed by atoms with Crippen LogP contribution in [0.25, 0.3) is 11.0 Å². The molecular weight excluding hydrogens is 451 g/mol. The van der Waals surface area contributed by atoms with Crippen molar-refractivity contribution in [3.63, 3.8) is 0 Å². The molecule has 0 bridgehead atoms. The van der Waals surface area contributed by atoms with Crippen LogP contribution in [-0.2, 0) is 9.59 Å². The van der Waals surface area contributed by atoms with Crippen molar-refractivity contribution in [2.24, 2.45) is 0 Å². The van der Waals surface area contributed by atoms with E-state index in [1.165, 1.54) is 4.90 Å². The maximum absolute atomic E-state index is 13.3. The summed E-state index contributed by atoms with van der Waals surface area (Å²) in [5.41, 5.74) is 1.59. The molecule has 1 unspecified atom stereocenters. The molecule has 7 nitrogen and oxygen atoms in total. The van der Waals surface area contributed by atoms with Crippen molar-refractivity contribution < 1.29 is 14.4 Å². The van der Waals surface area contributed by atoms with E-state index in [9.17, 15) is 14.4 Å². The highest BCUT2D eigenvalue weighted by molar-refractivity contribution is 6.31. The highest BCUT2D eigenvalue weighted by Gasteiger charge is 2.40. The Morgan fingerprint density at radius 1 is 1.00 bits per heavy atom. The number of likely N-dealkylation sites (tertiary alicyclic amines) is 1. The highest BCUT2D eigenvalue weighted by atomic mass is 35.5. The Morgan fingerprint density at radius 3 is 2.53 bits per heavy atom. The van der Waals surface area contributed by atoms with Gasteiger partial charge in [0.05, 0.1) is 12.5 Å². The van der Waals surface area contributed by atoms with Gasteiger partial charge in [-0.3, -0.25) is 19.3 Å². The molecule has 2 aliphatic rings. The van der Waals surface area contributed by atoms with E-state index >= 15 is 0 Å². The van der Waals surface area contributed by atoms with Gasteiger partial charge in [-0.2, -0.15) is 0 Å². The molecule has 0 spiro atoms. The Balaban J connectivity index is 1.53. The number of halogens is 2. The number of nitrogens with zero attached hydrogens (tertiary/aromatic N) is 4. The Morgan fingerprint density at radius 2 is 1.75 bits per heavy atom. The summed E-state index contributed by atoms with van der Waals surface area (Å²) < 4.78 is 0. The molecule has 5 rings (SSSR count). The van der Waals surface area contributed by atoms with Gasteiger partial charge in [-0.1, -0.05) is 23.2 Å². The van der Waals surface area contributed by atoms with E-state index in [4.69, 9.17) is 23.2 Å². The number of rotatable bonds is 3. The number of amides is 2. The predicted octanol–water partition coefficient (Wildman–Crippen LogP) is 4.22. The van der Waals surface area contributed by atoms with Gasteiger partial charge in [0.25, 0.3) is 5.91 Å². The Kier molecular flexibility index (Phi) is 5.31. The zero-order valence-corrected chi connectivity index (χ0v) is 18.4. The lowest BCUT2D eigenvalue weighted by Gasteiger charge is -2.30. The number of pyridine rings is 2. The van der Waals surface area contributed by atoms with E-state index in [0.29, 0.717) is 58.7 Å². The second-order valence-electron chi connectivity index (χ2n) is 7.90. The molecular formula is C23H18Cl2N4O3. The van der Waals surface area contributed by atoms with Crippen LogP contribution in [0, 0.1) is 0 Å². The van der Waals surface area contributed by atoms with Gasteiger partial charge >= 0.3 is 0 Å². The fourth-order valence-electron chi connectivity index (χ4n) is 4.28. The second kappa shape index (κ2) is 8.15. The van der Waals surface area contributed by atoms with Crippen LogP contribution in [0.4, 0.5) is 5.82 Å². The van der Waals surface area contributed by atoms with Gasteiger partial charge in [-0.25, -0.2) is 9.97 Å². The van der Waals surface area contributed by atoms with Crippen molar-refractivity contribution in [1.82, 2.24) is 14.9 Å². The Bertz CT molecular complexity index is 1270. The maximum atomic E-state index is 13.3. The van der Waals surface area contributed by atoms with Crippen LogP contribution < -0.4 is 4.90 Å². The lowest BCUT2D eigenvalue weighted by Crippen LogP contribution is -2.40. The molecule has 3 aromatic rings. The molecule has 162 valence electrons. The number of carbonyl (C=O) groups excluding carboxylic acids is 3. The molecule has 1 fully saturated rings. The first-order valence-electron chi connectivity index (χ1n) is 10.3. The number of aromatic nitrogens is 2. The Hall–Kier alpha value is -3.03. The molecule has 9 heteroatoms. The fourth-order valence-corrected chi connectivity index (χ4v) is 4.60. The maximum Gasteiger partial charge on any atom is 0.260 e. The molecule has 0 saturated carbocycles. The molecule has 32 heavy (non-hydrogen) atoms. The molecule has 2 aliphatic heterocycles. The van der Waals surface area contributed by atoms with Crippen molar-refractivity contribution in [1.29, 1.82) is 0 Å². The summed E-state index contributed by atoms with van der Waals surface area (Å²) in [4.78, 5) is 50.0. The lowest BCUT2D eigenvalue weighted by atomic mass is 10.0. The zero-order chi connectivity index (χ0) is 22.4. The third-order valence-electron chi connectivity index (χ3n) is 5.93. The van der Waals surface area contributed by atoms with E-state index in [1.807, 2.05) is 6.07 Å². The molecule has 1 aromatic carbocycles. The van der Waals surface area contributed by atoms with Crippen LogP contribution in [0.3, 0.4) is 0 Å². The predicted molar refractivity (Wildman–Crippen MR) is 121 cm³/mol. The largest absolute Gasteiger partial charge is 0.342 e. The molecule has 1 saturated heterocycles. The number of hydrogen-bond acceptors (Lipinski definition) is 5. The second-order valence-corrected chi connectivity index (χ2v) is 8.72. The van der Waals surface area contributed by atoms with Gasteiger partial charge in [-0.05, 0) is 48.0 Å². The molecule has 1 atom stereocenters. The summed E-state index contributed by atoms with van der Waals surface area (Å²) in [6, 6.07) is 11.5. The SMILES string of the molecule is O=C1CCN(C(=O)CC2c3cc(Cl)ccc3C(=O)N2c2ccc3ccc(Cl)nc3n2)CC1. The van der Waals surface area contributed by atoms with Crippen LogP contribution >= 0.6 is 23.2 Å². The van der Waals surface area contributed by atoms with Crippen molar-refractivity contribution in [3.05, 3.63) is 63.8 Å². The van der Waals surface area contributed by atoms with Crippen molar-refractivity contribution in [2.45, 2.75) is 25.3 Å². The van der Waals surface area contributed by atoms with Crippen LogP contribution in [0.15, 0.2) is 42.5 Å². The third kappa shape index (κ3) is 3.72. The first-order valence-corrected chi connectivity index (χ1v) is 11.0. The molecule has 0 aliphatic carbocycles. The highest BCUT2D eigenvalue weighted by Crippen LogP contribution is 2.40. The monoisotopic (exact) mass is 468 g/mol. The molecule has 0 radical (unpaired) electrons. The smallest absolute Gasteiger partial charge is 0.260 e. The first kappa shape index (κ1) is 20.8. The number of hydrogen-bond donors (Lipinski definition) is 0. The average molecular weight is 469 g/mol. The Labute approximate surface area is 193 Å². The van der Waals surface area contributed by atoms with Crippen LogP contribution in [0.1, 0.15) is 41.2 Å². The van der Waals surface area contributed by atoms with Crippen molar-refractivity contribution in [3.8, 4) is 0 Å². The normalized spacial score (nSPS) is 18.4. The third-order valence-corrected chi connectivity index (χ3v) is 6.37. The minimum atomic E-state index is -0.564. The number of fused-ring (bicyclic) bond motifs is 2. The van der Waals surface area contributed by atoms with Crippen molar-refractivity contribution >= 4 is 57.7 Å². The summed E-state index contributed by atoms with van der Waals surface area (Å²) in [6.45, 7) is 0.800. The van der Waals surface area contributed by atoms with Gasteiger partial charge in [0, 0.05) is 41.9 Å². The molecule has 4 heterocycles. The summed E-state index contributed by atoms with van der Waals surface area (Å²) in [5.74, 6) is 0.179. The minimum Gasteiger partial charge on any atom is -0.342 e. The molecule has 2 amide bonds. The van der Waals surface area contributed by atoms with E-state index in [2.05, 4.69) is 9.97 Å². The van der Waals surface area contributed by atoms with Gasteiger partial charge in [0.1, 0.15) is 16.8 Å². The van der Waals surface area contributed by atoms with Crippen LogP contribution in [0.2, 0.25) is 10.2 Å². The van der Waals surface area contributed by atoms with Gasteiger partial charge < -0.3 is 4.90 Å². The van der Waals surface area contributed by atoms with E-state index < -0.39 is 6.04 Å². The van der Waals surface area contributed by atoms with Crippen LogP contribution in [0.5, 0.6) is 0 Å². The number of piperidine rings is 1. The fraction of sp³-hybridized carbons (Fsp3) is 0.261. The van der Waals surface area contributed by atoms with E-state index in [-0.39, 0.29) is 24.0 Å².